The van der Waals surface area contributed by atoms with Crippen LogP contribution in [0.1, 0.15) is 25.0 Å². The van der Waals surface area contributed by atoms with Gasteiger partial charge >= 0.3 is 0 Å². The van der Waals surface area contributed by atoms with E-state index in [1.54, 1.807) is 0 Å². The van der Waals surface area contributed by atoms with Crippen molar-refractivity contribution < 1.29 is 30.0 Å². The van der Waals surface area contributed by atoms with Crippen LogP contribution in [0, 0.1) is 19.9 Å². The Morgan fingerprint density at radius 3 is 1.82 bits per heavy atom. The first-order valence-corrected chi connectivity index (χ1v) is 10.9. The van der Waals surface area contributed by atoms with E-state index in [4.69, 9.17) is 10.1 Å². The van der Waals surface area contributed by atoms with Gasteiger partial charge in [0.1, 0.15) is 0 Å². The number of hydrogen-bond acceptors (Lipinski definition) is 3. The van der Waals surface area contributed by atoms with Crippen molar-refractivity contribution in [2.24, 2.45) is 0 Å². The zero-order valence-corrected chi connectivity index (χ0v) is 22.0. The number of pyridine rings is 1. The van der Waals surface area contributed by atoms with Gasteiger partial charge in [-0.15, -0.1) is 34.9 Å². The minimum absolute atomic E-state index is 0. The van der Waals surface area contributed by atoms with Crippen LogP contribution in [0.3, 0.4) is 0 Å². The largest absolute Gasteiger partial charge is 0.512 e. The number of carbonyl (C=O) groups excluding carboxylic acids is 1. The van der Waals surface area contributed by atoms with Crippen molar-refractivity contribution in [3.05, 3.63) is 102 Å². The average Bonchev–Trinajstić information content (AvgIpc) is 2.78. The number of aliphatic hydroxyl groups excluding tert-OH is 1. The summed E-state index contributed by atoms with van der Waals surface area (Å²) in [4.78, 5) is 14.8. The Kier molecular flexibility index (Phi) is 7.98. The van der Waals surface area contributed by atoms with Gasteiger partial charge in [0.25, 0.3) is 0 Å². The monoisotopic (exact) mass is 625 g/mol. The Balaban J connectivity index is 0.000000357. The van der Waals surface area contributed by atoms with Crippen LogP contribution < -0.4 is 0 Å². The van der Waals surface area contributed by atoms with Crippen LogP contribution in [0.25, 0.3) is 43.6 Å². The molecule has 4 heteroatoms. The molecule has 4 aromatic carbocycles. The number of fused-ring (bicyclic) bond motifs is 6. The second-order valence-corrected chi connectivity index (χ2v) is 8.36. The Morgan fingerprint density at radius 1 is 0.824 bits per heavy atom. The summed E-state index contributed by atoms with van der Waals surface area (Å²) in [5.41, 5.74) is 4.41. The van der Waals surface area contributed by atoms with Gasteiger partial charge in [0.2, 0.25) is 0 Å². The zero-order valence-electron chi connectivity index (χ0n) is 19.6. The summed E-state index contributed by atoms with van der Waals surface area (Å²) in [6, 6.07) is 27.2. The summed E-state index contributed by atoms with van der Waals surface area (Å²) >= 11 is 0. The minimum Gasteiger partial charge on any atom is -0.512 e. The molecule has 0 saturated carbocycles. The molecule has 173 valence electrons. The van der Waals surface area contributed by atoms with Gasteiger partial charge in [0.15, 0.2) is 5.78 Å². The topological polar surface area (TPSA) is 50.2 Å². The molecule has 1 N–H and O–H groups in total. The van der Waals surface area contributed by atoms with E-state index < -0.39 is 0 Å². The number of nitrogens with zero attached hydrogens (tertiary/aromatic N) is 1. The number of hydrogen-bond donors (Lipinski definition) is 1. The fourth-order valence-electron chi connectivity index (χ4n) is 4.27. The number of carbonyl (C=O) groups is 1. The van der Waals surface area contributed by atoms with Gasteiger partial charge < -0.3 is 10.1 Å². The number of allylic oxidation sites excluding steroid dienone is 2. The number of aryl methyl sites for hydroxylation is 2. The van der Waals surface area contributed by atoms with Crippen LogP contribution in [0.15, 0.2) is 84.8 Å². The first-order chi connectivity index (χ1) is 15.8. The summed E-state index contributed by atoms with van der Waals surface area (Å²) in [6.07, 6.45) is 3.19. The maximum Gasteiger partial charge on any atom is 0.155 e. The molecule has 0 aliphatic heterocycles. The van der Waals surface area contributed by atoms with Crippen molar-refractivity contribution in [1.29, 1.82) is 0 Å². The fraction of sp³-hybridized carbons (Fsp3) is 0.133. The second kappa shape index (κ2) is 10.7. The molecule has 0 aliphatic carbocycles. The van der Waals surface area contributed by atoms with Crippen molar-refractivity contribution in [3.63, 3.8) is 0 Å². The average molecular weight is 625 g/mol. The molecule has 0 fully saturated rings. The van der Waals surface area contributed by atoms with Gasteiger partial charge in [0.05, 0.1) is 5.76 Å². The molecular formula is C30H26IrNO2-. The molecule has 1 aromatic heterocycles. The molecule has 0 saturated heterocycles. The van der Waals surface area contributed by atoms with E-state index in [-0.39, 0.29) is 31.6 Å². The molecule has 0 aliphatic rings. The second-order valence-electron chi connectivity index (χ2n) is 8.36. The van der Waals surface area contributed by atoms with Gasteiger partial charge in [-0.1, -0.05) is 68.4 Å². The maximum absolute atomic E-state index is 10.0. The van der Waals surface area contributed by atoms with Crippen LogP contribution >= 0.6 is 0 Å². The number of ketones is 1. The number of rotatable bonds is 2. The Morgan fingerprint density at radius 2 is 1.35 bits per heavy atom. The first-order valence-electron chi connectivity index (χ1n) is 10.9. The van der Waals surface area contributed by atoms with Crippen LogP contribution in [-0.2, 0) is 24.9 Å². The van der Waals surface area contributed by atoms with E-state index in [9.17, 15) is 4.79 Å². The predicted octanol–water partition coefficient (Wildman–Crippen LogP) is 7.66. The molecule has 0 spiro atoms. The van der Waals surface area contributed by atoms with Crippen molar-refractivity contribution in [2.75, 3.05) is 0 Å². The molecule has 0 unspecified atom stereocenters. The van der Waals surface area contributed by atoms with Crippen LogP contribution in [0.4, 0.5) is 0 Å². The van der Waals surface area contributed by atoms with Gasteiger partial charge in [-0.25, -0.2) is 0 Å². The van der Waals surface area contributed by atoms with Crippen LogP contribution in [0.5, 0.6) is 0 Å². The number of aliphatic hydroxyl groups is 1. The third-order valence-corrected chi connectivity index (χ3v) is 5.46. The van der Waals surface area contributed by atoms with Gasteiger partial charge in [-0.3, -0.25) is 4.79 Å². The van der Waals surface area contributed by atoms with Crippen molar-refractivity contribution in [3.8, 4) is 11.3 Å². The molecule has 5 rings (SSSR count). The molecule has 34 heavy (non-hydrogen) atoms. The quantitative estimate of drug-likeness (QED) is 0.0950. The van der Waals surface area contributed by atoms with E-state index in [0.29, 0.717) is 0 Å². The van der Waals surface area contributed by atoms with Gasteiger partial charge in [-0.05, 0) is 46.5 Å². The van der Waals surface area contributed by atoms with E-state index in [1.807, 2.05) is 6.20 Å². The molecule has 0 bridgehead atoms. The fourth-order valence-corrected chi connectivity index (χ4v) is 4.27. The Labute approximate surface area is 213 Å². The summed E-state index contributed by atoms with van der Waals surface area (Å²) in [5.74, 6) is -0.0625. The maximum atomic E-state index is 10.0. The Bertz CT molecular complexity index is 1480. The predicted molar refractivity (Wildman–Crippen MR) is 138 cm³/mol. The first kappa shape index (κ1) is 25.3. The standard InChI is InChI=1S/C25H18N.C5H8O2.Ir/c1-16-11-17(2)13-18(12-16)25-14-23-21-9-5-3-7-19(21)20-8-4-6-10-22(20)24(23)15-26-25;1-4(6)3-5(2)7;/h3-12,14-15H,1-2H3;3,6H,1-2H3;/q-1;;/b;4-3-;. The molecular weight excluding hydrogens is 599 g/mol. The molecule has 3 nitrogen and oxygen atoms in total. The third kappa shape index (κ3) is 5.41. The van der Waals surface area contributed by atoms with Gasteiger partial charge in [-0.2, -0.15) is 0 Å². The molecule has 0 atom stereocenters. The summed E-state index contributed by atoms with van der Waals surface area (Å²) in [6.45, 7) is 7.05. The number of benzene rings is 4. The van der Waals surface area contributed by atoms with E-state index in [1.165, 1.54) is 57.8 Å². The smallest absolute Gasteiger partial charge is 0.155 e. The molecule has 1 radical (unpaired) electrons. The Hall–Kier alpha value is -3.33. The van der Waals surface area contributed by atoms with E-state index in [2.05, 4.69) is 86.6 Å². The van der Waals surface area contributed by atoms with Crippen molar-refractivity contribution >= 4 is 38.1 Å². The minimum atomic E-state index is -0.125. The molecule has 5 aromatic rings. The van der Waals surface area contributed by atoms with Gasteiger partial charge in [0, 0.05) is 37.8 Å². The van der Waals surface area contributed by atoms with E-state index in [0.717, 1.165) is 16.8 Å². The molecule has 1 heterocycles. The normalized spacial score (nSPS) is 11.1. The number of aromatic nitrogens is 1. The third-order valence-electron chi connectivity index (χ3n) is 5.46. The molecule has 0 amide bonds. The summed E-state index contributed by atoms with van der Waals surface area (Å²) < 4.78 is 0. The van der Waals surface area contributed by atoms with E-state index >= 15 is 0 Å². The summed E-state index contributed by atoms with van der Waals surface area (Å²) in [5, 5.41) is 15.9. The summed E-state index contributed by atoms with van der Waals surface area (Å²) in [7, 11) is 0. The van der Waals surface area contributed by atoms with Crippen LogP contribution in [-0.4, -0.2) is 15.9 Å². The SMILES string of the molecule is CC(=O)/C=C(/C)O.Cc1[c-]c(-c2cc3c4ccccc4c4ccccc4c3cn2)cc(C)c1.[Ir]. The van der Waals surface area contributed by atoms with Crippen molar-refractivity contribution in [2.45, 2.75) is 27.7 Å². The van der Waals surface area contributed by atoms with Crippen molar-refractivity contribution in [1.82, 2.24) is 4.98 Å². The van der Waals surface area contributed by atoms with Crippen LogP contribution in [0.2, 0.25) is 0 Å². The zero-order chi connectivity index (χ0) is 23.5.